The molecule has 0 fully saturated rings. The van der Waals surface area contributed by atoms with Gasteiger partial charge in [-0.2, -0.15) is 0 Å². The lowest BCUT2D eigenvalue weighted by atomic mass is 9.84. The van der Waals surface area contributed by atoms with Crippen molar-refractivity contribution in [2.75, 3.05) is 13.2 Å². The molecule has 1 aromatic carbocycles. The van der Waals surface area contributed by atoms with E-state index in [0.29, 0.717) is 24.4 Å². The molecule has 138 valence electrons. The van der Waals surface area contributed by atoms with E-state index in [1.807, 2.05) is 6.07 Å². The number of nitrogens with one attached hydrogen (secondary N) is 1. The largest absolute Gasteiger partial charge is 0.462 e. The van der Waals surface area contributed by atoms with Crippen molar-refractivity contribution in [3.8, 4) is 0 Å². The van der Waals surface area contributed by atoms with Crippen LogP contribution in [0, 0.1) is 13.8 Å². The Labute approximate surface area is 154 Å². The maximum Gasteiger partial charge on any atom is 0.339 e. The summed E-state index contributed by atoms with van der Waals surface area (Å²) in [5.41, 5.74) is 3.29. The Morgan fingerprint density at radius 3 is 2.50 bits per heavy atom. The van der Waals surface area contributed by atoms with Crippen LogP contribution in [0.1, 0.15) is 58.4 Å². The van der Waals surface area contributed by atoms with Crippen molar-refractivity contribution in [1.29, 1.82) is 0 Å². The molecular weight excluding hydrogens is 328 g/mol. The van der Waals surface area contributed by atoms with Gasteiger partial charge in [0.25, 0.3) is 5.91 Å². The van der Waals surface area contributed by atoms with Crippen LogP contribution in [-0.4, -0.2) is 30.0 Å². The first-order valence-electron chi connectivity index (χ1n) is 8.74. The lowest BCUT2D eigenvalue weighted by Crippen LogP contribution is -2.37. The highest BCUT2D eigenvalue weighted by atomic mass is 16.5. The van der Waals surface area contributed by atoms with Gasteiger partial charge in [0.1, 0.15) is 5.69 Å². The van der Waals surface area contributed by atoms with E-state index in [1.165, 1.54) is 11.1 Å². The van der Waals surface area contributed by atoms with E-state index in [4.69, 9.17) is 4.74 Å². The van der Waals surface area contributed by atoms with Crippen molar-refractivity contribution >= 4 is 11.9 Å². The molecule has 1 amide bonds. The van der Waals surface area contributed by atoms with Gasteiger partial charge in [-0.3, -0.25) is 4.79 Å². The maximum absolute atomic E-state index is 12.5. The quantitative estimate of drug-likeness (QED) is 0.805. The molecule has 5 heteroatoms. The molecule has 1 N–H and O–H groups in total. The van der Waals surface area contributed by atoms with Crippen molar-refractivity contribution in [3.63, 3.8) is 0 Å². The number of esters is 1. The Hall–Kier alpha value is -2.69. The van der Waals surface area contributed by atoms with Gasteiger partial charge in [0.2, 0.25) is 0 Å². The van der Waals surface area contributed by atoms with Gasteiger partial charge in [0.15, 0.2) is 0 Å². The lowest BCUT2D eigenvalue weighted by molar-refractivity contribution is 0.0524. The average Bonchev–Trinajstić information content (AvgIpc) is 2.59. The summed E-state index contributed by atoms with van der Waals surface area (Å²) in [6.07, 6.45) is 0. The maximum atomic E-state index is 12.5. The van der Waals surface area contributed by atoms with E-state index in [0.717, 1.165) is 0 Å². The van der Waals surface area contributed by atoms with Crippen LogP contribution in [0.2, 0.25) is 0 Å². The molecule has 0 atom stereocenters. The van der Waals surface area contributed by atoms with Crippen molar-refractivity contribution < 1.29 is 14.3 Å². The van der Waals surface area contributed by atoms with Gasteiger partial charge < -0.3 is 10.1 Å². The minimum absolute atomic E-state index is 0.207. The molecule has 1 heterocycles. The molecule has 1 aromatic heterocycles. The van der Waals surface area contributed by atoms with Crippen LogP contribution in [0.4, 0.5) is 0 Å². The summed E-state index contributed by atoms with van der Waals surface area (Å²) in [5.74, 6) is -0.686. The number of amides is 1. The Morgan fingerprint density at radius 1 is 1.15 bits per heavy atom. The van der Waals surface area contributed by atoms with Crippen LogP contribution in [-0.2, 0) is 10.2 Å². The third-order valence-electron chi connectivity index (χ3n) is 4.30. The van der Waals surface area contributed by atoms with Gasteiger partial charge in [-0.1, -0.05) is 43.7 Å². The number of aromatic nitrogens is 1. The summed E-state index contributed by atoms with van der Waals surface area (Å²) >= 11 is 0. The van der Waals surface area contributed by atoms with Crippen molar-refractivity contribution in [2.24, 2.45) is 0 Å². The highest BCUT2D eigenvalue weighted by Gasteiger charge is 2.22. The number of aryl methyl sites for hydroxylation is 2. The second-order valence-corrected chi connectivity index (χ2v) is 6.99. The first-order chi connectivity index (χ1) is 12.2. The van der Waals surface area contributed by atoms with E-state index >= 15 is 0 Å². The monoisotopic (exact) mass is 354 g/mol. The molecule has 2 rings (SSSR count). The molecule has 0 unspecified atom stereocenters. The number of nitrogens with zero attached hydrogens (tertiary/aromatic N) is 1. The number of hydrogen-bond donors (Lipinski definition) is 1. The number of benzene rings is 1. The predicted octanol–water partition coefficient (Wildman–Crippen LogP) is 3.58. The first-order valence-corrected chi connectivity index (χ1v) is 8.74. The highest BCUT2D eigenvalue weighted by Crippen LogP contribution is 2.23. The minimum atomic E-state index is -0.426. The molecule has 5 nitrogen and oxygen atoms in total. The summed E-state index contributed by atoms with van der Waals surface area (Å²) in [5, 5.41) is 2.94. The molecule has 0 aliphatic rings. The zero-order valence-electron chi connectivity index (χ0n) is 16.1. The fraction of sp³-hybridized carbons (Fsp3) is 0.381. The molecule has 0 bridgehead atoms. The molecular formula is C21H26N2O3. The fourth-order valence-corrected chi connectivity index (χ4v) is 2.67. The second-order valence-electron chi connectivity index (χ2n) is 6.99. The molecule has 0 radical (unpaired) electrons. The summed E-state index contributed by atoms with van der Waals surface area (Å²) in [4.78, 5) is 28.5. The van der Waals surface area contributed by atoms with Gasteiger partial charge >= 0.3 is 5.97 Å². The van der Waals surface area contributed by atoms with Gasteiger partial charge in [-0.05, 0) is 38.5 Å². The van der Waals surface area contributed by atoms with E-state index in [9.17, 15) is 9.59 Å². The van der Waals surface area contributed by atoms with Crippen LogP contribution >= 0.6 is 0 Å². The summed E-state index contributed by atoms with van der Waals surface area (Å²) in [7, 11) is 0. The van der Waals surface area contributed by atoms with Crippen molar-refractivity contribution in [3.05, 3.63) is 64.5 Å². The van der Waals surface area contributed by atoms with Crippen LogP contribution in [0.25, 0.3) is 0 Å². The summed E-state index contributed by atoms with van der Waals surface area (Å²) < 4.78 is 4.98. The molecule has 26 heavy (non-hydrogen) atoms. The molecule has 0 aliphatic heterocycles. The summed E-state index contributed by atoms with van der Waals surface area (Å²) in [6, 6.07) is 11.4. The number of rotatable bonds is 6. The van der Waals surface area contributed by atoms with Crippen molar-refractivity contribution in [2.45, 2.75) is 40.0 Å². The number of carbonyl (C=O) groups excluding carboxylic acids is 2. The van der Waals surface area contributed by atoms with Gasteiger partial charge in [0, 0.05) is 12.0 Å². The molecule has 2 aromatic rings. The van der Waals surface area contributed by atoms with Gasteiger partial charge in [-0.25, -0.2) is 9.78 Å². The van der Waals surface area contributed by atoms with E-state index in [-0.39, 0.29) is 17.0 Å². The zero-order valence-corrected chi connectivity index (χ0v) is 16.1. The second kappa shape index (κ2) is 8.13. The Morgan fingerprint density at radius 2 is 1.88 bits per heavy atom. The average molecular weight is 354 g/mol. The van der Waals surface area contributed by atoms with Crippen LogP contribution in [0.15, 0.2) is 36.4 Å². The predicted molar refractivity (Wildman–Crippen MR) is 101 cm³/mol. The minimum Gasteiger partial charge on any atom is -0.462 e. The van der Waals surface area contributed by atoms with Crippen molar-refractivity contribution in [1.82, 2.24) is 10.3 Å². The molecule has 0 saturated heterocycles. The number of pyridine rings is 1. The topological polar surface area (TPSA) is 68.3 Å². The van der Waals surface area contributed by atoms with Crippen LogP contribution in [0.5, 0.6) is 0 Å². The van der Waals surface area contributed by atoms with Crippen LogP contribution in [0.3, 0.4) is 0 Å². The number of hydrogen-bond acceptors (Lipinski definition) is 4. The Balaban J connectivity index is 2.08. The fourth-order valence-electron chi connectivity index (χ4n) is 2.67. The highest BCUT2D eigenvalue weighted by molar-refractivity contribution is 5.95. The van der Waals surface area contributed by atoms with Gasteiger partial charge in [0.05, 0.1) is 17.9 Å². The first kappa shape index (κ1) is 19.6. The smallest absolute Gasteiger partial charge is 0.339 e. The van der Waals surface area contributed by atoms with E-state index in [1.54, 1.807) is 26.0 Å². The molecule has 0 spiro atoms. The van der Waals surface area contributed by atoms with E-state index < -0.39 is 5.97 Å². The third-order valence-corrected chi connectivity index (χ3v) is 4.30. The molecule has 0 saturated carbocycles. The zero-order chi connectivity index (χ0) is 19.3. The van der Waals surface area contributed by atoms with Crippen LogP contribution < -0.4 is 5.32 Å². The standard InChI is InChI=1S/C21H26N2O3/c1-6-26-20(25)17-10-11-18(23-15(17)3)19(24)22-13-21(4,5)16-9-7-8-14(2)12-16/h7-12H,6,13H2,1-5H3,(H,22,24). The SMILES string of the molecule is CCOC(=O)c1ccc(C(=O)NCC(C)(C)c2cccc(C)c2)nc1C. The lowest BCUT2D eigenvalue weighted by Gasteiger charge is -2.26. The normalized spacial score (nSPS) is 11.1. The number of carbonyl (C=O) groups is 2. The molecule has 0 aliphatic carbocycles. The third kappa shape index (κ3) is 4.69. The summed E-state index contributed by atoms with van der Waals surface area (Å²) in [6.45, 7) is 10.5. The number of ether oxygens (including phenoxy) is 1. The van der Waals surface area contributed by atoms with E-state index in [2.05, 4.69) is 49.3 Å². The van der Waals surface area contributed by atoms with Gasteiger partial charge in [-0.15, -0.1) is 0 Å². The Kier molecular flexibility index (Phi) is 6.14. The Bertz CT molecular complexity index is 813.